The summed E-state index contributed by atoms with van der Waals surface area (Å²) in [6.45, 7) is 0. The molecule has 3 aromatic rings. The van der Waals surface area contributed by atoms with Crippen molar-refractivity contribution in [3.63, 3.8) is 0 Å². The first-order chi connectivity index (χ1) is 12.1. The normalized spacial score (nSPS) is 11.2. The number of aromatic nitrogens is 1. The van der Waals surface area contributed by atoms with Gasteiger partial charge in [0.15, 0.2) is 10.7 Å². The van der Waals surface area contributed by atoms with Crippen LogP contribution in [0.15, 0.2) is 52.9 Å². The Hall–Kier alpha value is -2.46. The van der Waals surface area contributed by atoms with Crippen LogP contribution in [0.5, 0.6) is 0 Å². The number of halogens is 3. The highest BCUT2D eigenvalue weighted by atomic mass is 35.5. The number of nitrogens with one attached hydrogen (secondary N) is 1. The lowest BCUT2D eigenvalue weighted by atomic mass is 10.2. The third-order valence-corrected chi connectivity index (χ3v) is 4.74. The molecule has 0 radical (unpaired) electrons. The van der Waals surface area contributed by atoms with Gasteiger partial charge in [0.25, 0.3) is 0 Å². The van der Waals surface area contributed by atoms with Crippen LogP contribution in [0.25, 0.3) is 11.3 Å². The highest BCUT2D eigenvalue weighted by Crippen LogP contribution is 2.29. The number of hydrogen-bond donors (Lipinski definition) is 1. The summed E-state index contributed by atoms with van der Waals surface area (Å²) in [4.78, 5) is 4.40. The largest absolute Gasteiger partial charge is 0.277 e. The molecule has 4 nitrogen and oxygen atoms in total. The van der Waals surface area contributed by atoms with Crippen LogP contribution >= 0.6 is 34.5 Å². The zero-order chi connectivity index (χ0) is 17.8. The third kappa shape index (κ3) is 4.15. The Balaban J connectivity index is 1.85. The van der Waals surface area contributed by atoms with E-state index in [0.29, 0.717) is 26.4 Å². The van der Waals surface area contributed by atoms with Crippen LogP contribution in [0.4, 0.5) is 10.1 Å². The Morgan fingerprint density at radius 2 is 2.04 bits per heavy atom. The van der Waals surface area contributed by atoms with E-state index in [0.717, 1.165) is 5.56 Å². The van der Waals surface area contributed by atoms with Gasteiger partial charge in [0, 0.05) is 10.9 Å². The van der Waals surface area contributed by atoms with Crippen LogP contribution in [-0.4, -0.2) is 10.7 Å². The Morgan fingerprint density at radius 1 is 1.20 bits per heavy atom. The standard InChI is InChI=1S/C17H9Cl2FN4S/c18-13-5-4-10(6-14(13)19)16-9-25-17(22-16)15(8-21)24-23-12-3-1-2-11(20)7-12/h1-7,9,23H. The van der Waals surface area contributed by atoms with Crippen molar-refractivity contribution in [2.75, 3.05) is 5.43 Å². The maximum atomic E-state index is 13.2. The molecule has 0 amide bonds. The van der Waals surface area contributed by atoms with E-state index in [1.54, 1.807) is 35.7 Å². The number of hydrogen-bond acceptors (Lipinski definition) is 5. The predicted octanol–water partition coefficient (Wildman–Crippen LogP) is 5.60. The van der Waals surface area contributed by atoms with Crippen LogP contribution in [0.1, 0.15) is 5.01 Å². The number of hydrazone groups is 1. The monoisotopic (exact) mass is 390 g/mol. The summed E-state index contributed by atoms with van der Waals surface area (Å²) in [6.07, 6.45) is 0. The average molecular weight is 391 g/mol. The summed E-state index contributed by atoms with van der Waals surface area (Å²) in [5.74, 6) is -0.394. The first-order valence-corrected chi connectivity index (χ1v) is 8.61. The molecule has 25 heavy (non-hydrogen) atoms. The molecular formula is C17H9Cl2FN4S. The van der Waals surface area contributed by atoms with E-state index in [4.69, 9.17) is 23.2 Å². The Bertz CT molecular complexity index is 994. The summed E-state index contributed by atoms with van der Waals surface area (Å²) in [5.41, 5.74) is 4.63. The molecule has 0 saturated heterocycles. The van der Waals surface area contributed by atoms with Crippen LogP contribution in [0.3, 0.4) is 0 Å². The number of nitriles is 1. The summed E-state index contributed by atoms with van der Waals surface area (Å²) in [7, 11) is 0. The van der Waals surface area contributed by atoms with Crippen LogP contribution in [0, 0.1) is 17.1 Å². The number of rotatable bonds is 4. The van der Waals surface area contributed by atoms with Crippen molar-refractivity contribution < 1.29 is 4.39 Å². The van der Waals surface area contributed by atoms with Gasteiger partial charge in [0.1, 0.15) is 11.9 Å². The smallest absolute Gasteiger partial charge is 0.196 e. The van der Waals surface area contributed by atoms with Gasteiger partial charge < -0.3 is 0 Å². The molecule has 124 valence electrons. The molecule has 0 saturated carbocycles. The quantitative estimate of drug-likeness (QED) is 0.466. The van der Waals surface area contributed by atoms with Crippen LogP contribution in [-0.2, 0) is 0 Å². The lowest BCUT2D eigenvalue weighted by molar-refractivity contribution is 0.628. The zero-order valence-electron chi connectivity index (χ0n) is 12.5. The maximum Gasteiger partial charge on any atom is 0.196 e. The first kappa shape index (κ1) is 17.4. The fraction of sp³-hybridized carbons (Fsp3) is 0. The van der Waals surface area contributed by atoms with Gasteiger partial charge in [-0.3, -0.25) is 5.43 Å². The molecule has 0 aliphatic carbocycles. The van der Waals surface area contributed by atoms with E-state index >= 15 is 0 Å². The second-order valence-electron chi connectivity index (χ2n) is 4.86. The maximum absolute atomic E-state index is 13.2. The molecule has 0 spiro atoms. The lowest BCUT2D eigenvalue weighted by Gasteiger charge is -2.01. The van der Waals surface area contributed by atoms with E-state index in [2.05, 4.69) is 15.5 Å². The molecular weight excluding hydrogens is 382 g/mol. The Kier molecular flexibility index (Phi) is 5.29. The molecule has 2 aromatic carbocycles. The van der Waals surface area contributed by atoms with Gasteiger partial charge in [0.05, 0.1) is 21.4 Å². The number of anilines is 1. The molecule has 0 unspecified atom stereocenters. The first-order valence-electron chi connectivity index (χ1n) is 6.97. The van der Waals surface area contributed by atoms with Gasteiger partial charge in [-0.2, -0.15) is 10.4 Å². The summed E-state index contributed by atoms with van der Waals surface area (Å²) >= 11 is 13.2. The molecule has 1 N–H and O–H groups in total. The molecule has 0 atom stereocenters. The van der Waals surface area contributed by atoms with Crippen molar-refractivity contribution in [1.29, 1.82) is 5.26 Å². The van der Waals surface area contributed by atoms with Crippen LogP contribution < -0.4 is 5.43 Å². The van der Waals surface area contributed by atoms with Gasteiger partial charge in [-0.15, -0.1) is 11.3 Å². The molecule has 8 heteroatoms. The fourth-order valence-corrected chi connectivity index (χ4v) is 3.03. The third-order valence-electron chi connectivity index (χ3n) is 3.15. The van der Waals surface area contributed by atoms with Crippen molar-refractivity contribution in [3.8, 4) is 17.3 Å². The van der Waals surface area contributed by atoms with Gasteiger partial charge in [-0.05, 0) is 30.3 Å². The predicted molar refractivity (Wildman–Crippen MR) is 99.7 cm³/mol. The van der Waals surface area contributed by atoms with Crippen LogP contribution in [0.2, 0.25) is 10.0 Å². The second kappa shape index (κ2) is 7.62. The zero-order valence-corrected chi connectivity index (χ0v) is 14.8. The van der Waals surface area contributed by atoms with Crippen molar-refractivity contribution >= 4 is 45.9 Å². The fourth-order valence-electron chi connectivity index (χ4n) is 1.97. The number of benzene rings is 2. The van der Waals surface area contributed by atoms with Crippen molar-refractivity contribution in [2.24, 2.45) is 5.10 Å². The Morgan fingerprint density at radius 3 is 2.76 bits per heavy atom. The topological polar surface area (TPSA) is 61.1 Å². The van der Waals surface area contributed by atoms with Crippen molar-refractivity contribution in [3.05, 3.63) is 68.7 Å². The second-order valence-corrected chi connectivity index (χ2v) is 6.53. The number of thiazole rings is 1. The molecule has 0 aliphatic rings. The van der Waals surface area contributed by atoms with Gasteiger partial charge in [-0.1, -0.05) is 35.3 Å². The SMILES string of the molecule is N#CC(=NNc1cccc(F)c1)c1nc(-c2ccc(Cl)c(Cl)c2)cs1. The highest BCUT2D eigenvalue weighted by molar-refractivity contribution is 7.12. The van der Waals surface area contributed by atoms with Gasteiger partial charge in [-0.25, -0.2) is 9.37 Å². The van der Waals surface area contributed by atoms with E-state index < -0.39 is 5.82 Å². The summed E-state index contributed by atoms with van der Waals surface area (Å²) in [5, 5.41) is 16.4. The van der Waals surface area contributed by atoms with E-state index in [1.165, 1.54) is 23.5 Å². The summed E-state index contributed by atoms with van der Waals surface area (Å²) < 4.78 is 13.2. The number of nitrogens with zero attached hydrogens (tertiary/aromatic N) is 3. The average Bonchev–Trinajstić information content (AvgIpc) is 3.08. The minimum atomic E-state index is -0.394. The van der Waals surface area contributed by atoms with E-state index in [9.17, 15) is 9.65 Å². The summed E-state index contributed by atoms with van der Waals surface area (Å²) in [6, 6.07) is 13.0. The highest BCUT2D eigenvalue weighted by Gasteiger charge is 2.11. The van der Waals surface area contributed by atoms with E-state index in [1.807, 2.05) is 6.07 Å². The minimum absolute atomic E-state index is 0.0978. The lowest BCUT2D eigenvalue weighted by Crippen LogP contribution is -2.01. The molecule has 0 fully saturated rings. The molecule has 1 heterocycles. The molecule has 0 bridgehead atoms. The van der Waals surface area contributed by atoms with Gasteiger partial charge in [0.2, 0.25) is 0 Å². The Labute approximate surface area is 157 Å². The molecule has 0 aliphatic heterocycles. The molecule has 3 rings (SSSR count). The van der Waals surface area contributed by atoms with Crippen molar-refractivity contribution in [2.45, 2.75) is 0 Å². The van der Waals surface area contributed by atoms with Crippen molar-refractivity contribution in [1.82, 2.24) is 4.98 Å². The van der Waals surface area contributed by atoms with Gasteiger partial charge >= 0.3 is 0 Å². The minimum Gasteiger partial charge on any atom is -0.277 e. The van der Waals surface area contributed by atoms with E-state index in [-0.39, 0.29) is 5.71 Å². The molecule has 1 aromatic heterocycles.